The number of nitrogens with zero attached hydrogens (tertiary/aromatic N) is 1. The second-order valence-corrected chi connectivity index (χ2v) is 14.9. The van der Waals surface area contributed by atoms with Gasteiger partial charge >= 0.3 is 0 Å². The zero-order valence-electron chi connectivity index (χ0n) is 20.8. The number of hydrogen-bond donors (Lipinski definition) is 0. The lowest BCUT2D eigenvalue weighted by molar-refractivity contribution is -0.665. The van der Waals surface area contributed by atoms with Crippen LogP contribution in [0.2, 0.25) is 13.1 Å². The van der Waals surface area contributed by atoms with Crippen LogP contribution in [0.4, 0.5) is 0 Å². The van der Waals surface area contributed by atoms with Crippen LogP contribution in [0.1, 0.15) is 48.4 Å². The molecule has 5 rings (SSSR count). The molecule has 0 amide bonds. The first-order valence-electron chi connectivity index (χ1n) is 12.5. The van der Waals surface area contributed by atoms with Crippen LogP contribution in [0.5, 0.6) is 0 Å². The molecule has 2 heteroatoms. The quantitative estimate of drug-likeness (QED) is 0.249. The Hall–Kier alpha value is -2.71. The highest BCUT2D eigenvalue weighted by atomic mass is 28.3. The van der Waals surface area contributed by atoms with Gasteiger partial charge < -0.3 is 0 Å². The molecular weight excluding hydrogens is 414 g/mol. The van der Waals surface area contributed by atoms with Crippen molar-refractivity contribution in [2.75, 3.05) is 0 Å². The molecule has 0 unspecified atom stereocenters. The van der Waals surface area contributed by atoms with E-state index in [4.69, 9.17) is 0 Å². The number of rotatable bonds is 4. The molecule has 1 fully saturated rings. The predicted octanol–water partition coefficient (Wildman–Crippen LogP) is 6.43. The molecule has 0 saturated heterocycles. The summed E-state index contributed by atoms with van der Waals surface area (Å²) in [5.41, 5.74) is 6.94. The Bertz CT molecular complexity index is 1310. The van der Waals surface area contributed by atoms with Gasteiger partial charge in [-0.1, -0.05) is 90.9 Å². The summed E-state index contributed by atoms with van der Waals surface area (Å²) in [5.74, 6) is 0.731. The van der Waals surface area contributed by atoms with Gasteiger partial charge in [-0.2, -0.15) is 4.57 Å². The van der Waals surface area contributed by atoms with Gasteiger partial charge in [0.05, 0.1) is 5.39 Å². The lowest BCUT2D eigenvalue weighted by Crippen LogP contribution is -2.52. The van der Waals surface area contributed by atoms with Crippen LogP contribution in [-0.2, 0) is 7.05 Å². The average molecular weight is 451 g/mol. The lowest BCUT2D eigenvalue weighted by Gasteiger charge is -2.24. The third-order valence-electron chi connectivity index (χ3n) is 8.10. The summed E-state index contributed by atoms with van der Waals surface area (Å²) in [4.78, 5) is 0. The van der Waals surface area contributed by atoms with Crippen molar-refractivity contribution in [3.05, 3.63) is 89.6 Å². The maximum absolute atomic E-state index is 2.50. The second-order valence-electron chi connectivity index (χ2n) is 10.5. The van der Waals surface area contributed by atoms with Crippen LogP contribution in [-0.4, -0.2) is 8.07 Å². The van der Waals surface area contributed by atoms with E-state index in [9.17, 15) is 0 Å². The minimum atomic E-state index is -1.74. The first-order valence-corrected chi connectivity index (χ1v) is 15.5. The van der Waals surface area contributed by atoms with Gasteiger partial charge in [0.25, 0.3) is 0 Å². The van der Waals surface area contributed by atoms with Gasteiger partial charge in [0, 0.05) is 18.6 Å². The summed E-state index contributed by atoms with van der Waals surface area (Å²) in [7, 11) is 0.480. The van der Waals surface area contributed by atoms with Crippen LogP contribution in [0.15, 0.2) is 72.8 Å². The Morgan fingerprint density at radius 1 is 0.788 bits per heavy atom. The van der Waals surface area contributed by atoms with Gasteiger partial charge in [-0.05, 0) is 54.3 Å². The van der Waals surface area contributed by atoms with E-state index in [1.165, 1.54) is 74.9 Å². The van der Waals surface area contributed by atoms with Crippen molar-refractivity contribution < 1.29 is 4.57 Å². The van der Waals surface area contributed by atoms with Gasteiger partial charge in [-0.3, -0.25) is 0 Å². The topological polar surface area (TPSA) is 3.88 Å². The van der Waals surface area contributed by atoms with Crippen molar-refractivity contribution in [3.8, 4) is 11.3 Å². The summed E-state index contributed by atoms with van der Waals surface area (Å²) >= 11 is 0. The largest absolute Gasteiger partial charge is 0.220 e. The van der Waals surface area contributed by atoms with Gasteiger partial charge in [-0.25, -0.2) is 0 Å². The van der Waals surface area contributed by atoms with Crippen molar-refractivity contribution in [2.45, 2.75) is 58.5 Å². The smallest absolute Gasteiger partial charge is 0.198 e. The van der Waals surface area contributed by atoms with E-state index in [1.54, 1.807) is 0 Å². The highest BCUT2D eigenvalue weighted by Crippen LogP contribution is 2.37. The number of fused-ring (bicyclic) bond motifs is 1. The Labute approximate surface area is 200 Å². The summed E-state index contributed by atoms with van der Waals surface area (Å²) in [6.45, 7) is 9.44. The monoisotopic (exact) mass is 450 g/mol. The van der Waals surface area contributed by atoms with E-state index >= 15 is 0 Å². The summed E-state index contributed by atoms with van der Waals surface area (Å²) in [6.07, 6.45) is 5.43. The van der Waals surface area contributed by atoms with E-state index in [0.717, 1.165) is 5.92 Å². The molecule has 1 aliphatic carbocycles. The predicted molar refractivity (Wildman–Crippen MR) is 144 cm³/mol. The molecule has 0 N–H and O–H groups in total. The molecule has 168 valence electrons. The third-order valence-corrected chi connectivity index (χ3v) is 11.6. The van der Waals surface area contributed by atoms with Crippen LogP contribution in [0, 0.1) is 13.8 Å². The van der Waals surface area contributed by atoms with Crippen molar-refractivity contribution in [1.29, 1.82) is 0 Å². The lowest BCUT2D eigenvalue weighted by atomic mass is 9.91. The first-order chi connectivity index (χ1) is 15.9. The van der Waals surface area contributed by atoms with Gasteiger partial charge in [0.1, 0.15) is 15.1 Å². The molecular formula is C31H36NSi+. The van der Waals surface area contributed by atoms with Crippen molar-refractivity contribution in [3.63, 3.8) is 0 Å². The van der Waals surface area contributed by atoms with E-state index in [0.29, 0.717) is 0 Å². The van der Waals surface area contributed by atoms with Crippen molar-refractivity contribution in [1.82, 2.24) is 0 Å². The number of benzene rings is 3. The maximum atomic E-state index is 2.50. The SMILES string of the molecule is Cc1ccc(C2CCCC2)cc1-c1c2ccc([Si](C)(C)c3ccccc3)cc2cc(C)[n+]1C. The number of aromatic nitrogens is 1. The summed E-state index contributed by atoms with van der Waals surface area (Å²) < 4.78 is 2.39. The van der Waals surface area contributed by atoms with Gasteiger partial charge in [0.15, 0.2) is 5.69 Å². The molecule has 33 heavy (non-hydrogen) atoms. The fourth-order valence-corrected chi connectivity index (χ4v) is 8.10. The Kier molecular flexibility index (Phi) is 5.74. The standard InChI is InChI=1S/C31H36NSi/c1-22-15-16-25(24-11-9-10-12-24)21-30(22)31-29-18-17-28(20-26(29)19-23(2)32(31)3)33(4,5)27-13-7-6-8-14-27/h6-8,13-21,24H,9-12H2,1-5H3/q+1. The first kappa shape index (κ1) is 22.1. The van der Waals surface area contributed by atoms with E-state index in [1.807, 2.05) is 0 Å². The Morgan fingerprint density at radius 3 is 2.24 bits per heavy atom. The molecule has 1 aromatic heterocycles. The fraction of sp³-hybridized carbons (Fsp3) is 0.323. The zero-order valence-corrected chi connectivity index (χ0v) is 21.8. The van der Waals surface area contributed by atoms with E-state index in [-0.39, 0.29) is 0 Å². The van der Waals surface area contributed by atoms with Crippen molar-refractivity contribution >= 4 is 29.2 Å². The fourth-order valence-electron chi connectivity index (χ4n) is 5.72. The average Bonchev–Trinajstić information content (AvgIpc) is 3.36. The highest BCUT2D eigenvalue weighted by molar-refractivity contribution is 7.00. The molecule has 4 aromatic rings. The minimum absolute atomic E-state index is 0.731. The van der Waals surface area contributed by atoms with Crippen LogP contribution < -0.4 is 14.9 Å². The molecule has 0 radical (unpaired) electrons. The number of aryl methyl sites for hydroxylation is 2. The minimum Gasteiger partial charge on any atom is -0.198 e. The van der Waals surface area contributed by atoms with Crippen LogP contribution in [0.25, 0.3) is 22.0 Å². The molecule has 1 saturated carbocycles. The Morgan fingerprint density at radius 2 is 1.52 bits per heavy atom. The van der Waals surface area contributed by atoms with Crippen LogP contribution in [0.3, 0.4) is 0 Å². The molecule has 0 aliphatic heterocycles. The normalized spacial score (nSPS) is 14.8. The van der Waals surface area contributed by atoms with Crippen LogP contribution >= 0.6 is 0 Å². The zero-order chi connectivity index (χ0) is 23.2. The molecule has 0 bridgehead atoms. The highest BCUT2D eigenvalue weighted by Gasteiger charge is 2.28. The molecule has 0 spiro atoms. The second kappa shape index (κ2) is 8.57. The molecule has 0 atom stereocenters. The molecule has 1 heterocycles. The van der Waals surface area contributed by atoms with Gasteiger partial charge in [0.2, 0.25) is 5.69 Å². The van der Waals surface area contributed by atoms with E-state index in [2.05, 4.69) is 111 Å². The third kappa shape index (κ3) is 3.95. The van der Waals surface area contributed by atoms with E-state index < -0.39 is 8.07 Å². The van der Waals surface area contributed by atoms with Gasteiger partial charge in [-0.15, -0.1) is 0 Å². The molecule has 1 nitrogen and oxygen atoms in total. The Balaban J connectivity index is 1.68. The number of pyridine rings is 1. The summed E-state index contributed by atoms with van der Waals surface area (Å²) in [5, 5.41) is 5.70. The number of hydrogen-bond acceptors (Lipinski definition) is 0. The maximum Gasteiger partial charge on any atom is 0.220 e. The molecule has 1 aliphatic rings. The molecule has 3 aromatic carbocycles. The summed E-state index contributed by atoms with van der Waals surface area (Å²) in [6, 6.07) is 27.9. The van der Waals surface area contributed by atoms with Crippen molar-refractivity contribution in [2.24, 2.45) is 7.05 Å².